The van der Waals surface area contributed by atoms with Crippen molar-refractivity contribution in [2.75, 3.05) is 7.11 Å². The van der Waals surface area contributed by atoms with Crippen LogP contribution in [0.2, 0.25) is 0 Å². The number of hydrogen-bond donors (Lipinski definition) is 1. The van der Waals surface area contributed by atoms with Crippen LogP contribution in [0.25, 0.3) is 0 Å². The Kier molecular flexibility index (Phi) is 2.21. The standard InChI is InChI=1S/C10H12N2O2/c1-14-10(13)9-4-2-6-7(11)3-5-8(6)12-9/h2,4,7H,3,5,11H2,1H3/t7-/m0/s1. The second kappa shape index (κ2) is 3.38. The first kappa shape index (κ1) is 9.15. The Morgan fingerprint density at radius 1 is 1.64 bits per heavy atom. The van der Waals surface area contributed by atoms with E-state index in [0.29, 0.717) is 5.69 Å². The first-order valence-corrected chi connectivity index (χ1v) is 4.56. The van der Waals surface area contributed by atoms with Gasteiger partial charge in [0.15, 0.2) is 0 Å². The fraction of sp³-hybridized carbons (Fsp3) is 0.400. The van der Waals surface area contributed by atoms with E-state index in [9.17, 15) is 4.79 Å². The van der Waals surface area contributed by atoms with Crippen LogP contribution in [0.3, 0.4) is 0 Å². The van der Waals surface area contributed by atoms with E-state index in [4.69, 9.17) is 5.73 Å². The van der Waals surface area contributed by atoms with E-state index in [1.165, 1.54) is 7.11 Å². The largest absolute Gasteiger partial charge is 0.464 e. The fourth-order valence-corrected chi connectivity index (χ4v) is 1.72. The van der Waals surface area contributed by atoms with Crippen LogP contribution in [0.4, 0.5) is 0 Å². The summed E-state index contributed by atoms with van der Waals surface area (Å²) < 4.78 is 4.59. The van der Waals surface area contributed by atoms with E-state index < -0.39 is 5.97 Å². The van der Waals surface area contributed by atoms with Gasteiger partial charge < -0.3 is 10.5 Å². The van der Waals surface area contributed by atoms with Gasteiger partial charge >= 0.3 is 5.97 Å². The van der Waals surface area contributed by atoms with Crippen molar-refractivity contribution < 1.29 is 9.53 Å². The summed E-state index contributed by atoms with van der Waals surface area (Å²) in [5.41, 5.74) is 8.19. The van der Waals surface area contributed by atoms with Crippen LogP contribution in [0, 0.1) is 0 Å². The molecular weight excluding hydrogens is 180 g/mol. The van der Waals surface area contributed by atoms with Crippen LogP contribution in [0.1, 0.15) is 34.2 Å². The second-order valence-electron chi connectivity index (χ2n) is 3.37. The summed E-state index contributed by atoms with van der Waals surface area (Å²) in [6.07, 6.45) is 1.76. The van der Waals surface area contributed by atoms with Crippen molar-refractivity contribution >= 4 is 5.97 Å². The maximum Gasteiger partial charge on any atom is 0.356 e. The van der Waals surface area contributed by atoms with Crippen LogP contribution in [0.15, 0.2) is 12.1 Å². The zero-order valence-electron chi connectivity index (χ0n) is 7.99. The topological polar surface area (TPSA) is 65.2 Å². The predicted molar refractivity (Wildman–Crippen MR) is 50.8 cm³/mol. The van der Waals surface area contributed by atoms with Crippen LogP contribution < -0.4 is 5.73 Å². The summed E-state index contributed by atoms with van der Waals surface area (Å²) in [5.74, 6) is -0.395. The minimum atomic E-state index is -0.395. The van der Waals surface area contributed by atoms with Crippen molar-refractivity contribution in [1.29, 1.82) is 0 Å². The molecular formula is C10H12N2O2. The van der Waals surface area contributed by atoms with Gasteiger partial charge in [0.25, 0.3) is 0 Å². The molecule has 4 nitrogen and oxygen atoms in total. The molecule has 0 saturated heterocycles. The van der Waals surface area contributed by atoms with Crippen LogP contribution in [0.5, 0.6) is 0 Å². The number of fused-ring (bicyclic) bond motifs is 1. The van der Waals surface area contributed by atoms with Crippen LogP contribution in [-0.4, -0.2) is 18.1 Å². The van der Waals surface area contributed by atoms with Crippen molar-refractivity contribution in [2.24, 2.45) is 5.73 Å². The van der Waals surface area contributed by atoms with Gasteiger partial charge in [0, 0.05) is 11.7 Å². The molecule has 1 atom stereocenters. The molecule has 74 valence electrons. The van der Waals surface area contributed by atoms with E-state index in [0.717, 1.165) is 24.1 Å². The minimum Gasteiger partial charge on any atom is -0.464 e. The Morgan fingerprint density at radius 3 is 3.14 bits per heavy atom. The second-order valence-corrected chi connectivity index (χ2v) is 3.37. The number of aryl methyl sites for hydroxylation is 1. The highest BCUT2D eigenvalue weighted by atomic mass is 16.5. The van der Waals surface area contributed by atoms with Crippen LogP contribution in [-0.2, 0) is 11.2 Å². The molecule has 14 heavy (non-hydrogen) atoms. The Morgan fingerprint density at radius 2 is 2.43 bits per heavy atom. The highest BCUT2D eigenvalue weighted by Gasteiger charge is 2.21. The van der Waals surface area contributed by atoms with Gasteiger partial charge in [-0.15, -0.1) is 0 Å². The Balaban J connectivity index is 2.37. The van der Waals surface area contributed by atoms with E-state index in [1.807, 2.05) is 6.07 Å². The number of esters is 1. The van der Waals surface area contributed by atoms with Gasteiger partial charge in [-0.3, -0.25) is 0 Å². The number of methoxy groups -OCH3 is 1. The molecule has 0 radical (unpaired) electrons. The average molecular weight is 192 g/mol. The Labute approximate surface area is 82.1 Å². The van der Waals surface area contributed by atoms with Gasteiger partial charge in [0.2, 0.25) is 0 Å². The lowest BCUT2D eigenvalue weighted by Gasteiger charge is -2.04. The van der Waals surface area contributed by atoms with E-state index in [2.05, 4.69) is 9.72 Å². The third-order valence-electron chi connectivity index (χ3n) is 2.50. The summed E-state index contributed by atoms with van der Waals surface area (Å²) in [4.78, 5) is 15.4. The number of pyridine rings is 1. The van der Waals surface area contributed by atoms with Crippen molar-refractivity contribution in [3.8, 4) is 0 Å². The van der Waals surface area contributed by atoms with Gasteiger partial charge in [-0.25, -0.2) is 9.78 Å². The van der Waals surface area contributed by atoms with Crippen molar-refractivity contribution in [1.82, 2.24) is 4.98 Å². The van der Waals surface area contributed by atoms with Crippen molar-refractivity contribution in [2.45, 2.75) is 18.9 Å². The predicted octanol–water partition coefficient (Wildman–Crippen LogP) is 0.814. The molecule has 1 aliphatic carbocycles. The molecule has 1 heterocycles. The molecule has 0 spiro atoms. The highest BCUT2D eigenvalue weighted by Crippen LogP contribution is 2.27. The lowest BCUT2D eigenvalue weighted by Crippen LogP contribution is -2.08. The zero-order chi connectivity index (χ0) is 10.1. The van der Waals surface area contributed by atoms with Gasteiger partial charge in [-0.1, -0.05) is 6.07 Å². The van der Waals surface area contributed by atoms with Crippen LogP contribution >= 0.6 is 0 Å². The molecule has 0 aromatic carbocycles. The highest BCUT2D eigenvalue weighted by molar-refractivity contribution is 5.87. The number of ether oxygens (including phenoxy) is 1. The first-order valence-electron chi connectivity index (χ1n) is 4.56. The normalized spacial score (nSPS) is 19.1. The smallest absolute Gasteiger partial charge is 0.356 e. The minimum absolute atomic E-state index is 0.0733. The fourth-order valence-electron chi connectivity index (χ4n) is 1.72. The van der Waals surface area contributed by atoms with Gasteiger partial charge in [-0.05, 0) is 24.5 Å². The molecule has 0 bridgehead atoms. The molecule has 1 aromatic heterocycles. The molecule has 0 fully saturated rings. The van der Waals surface area contributed by atoms with Gasteiger partial charge in [0.1, 0.15) is 5.69 Å². The quantitative estimate of drug-likeness (QED) is 0.669. The average Bonchev–Trinajstić information content (AvgIpc) is 2.59. The SMILES string of the molecule is COC(=O)c1ccc2c(n1)CC[C@@H]2N. The summed E-state index contributed by atoms with van der Waals surface area (Å²) in [5, 5.41) is 0. The van der Waals surface area contributed by atoms with E-state index >= 15 is 0 Å². The Bertz CT molecular complexity index is 376. The summed E-state index contributed by atoms with van der Waals surface area (Å²) >= 11 is 0. The zero-order valence-corrected chi connectivity index (χ0v) is 7.99. The number of carbonyl (C=O) groups excluding carboxylic acids is 1. The lowest BCUT2D eigenvalue weighted by molar-refractivity contribution is 0.0593. The van der Waals surface area contributed by atoms with E-state index in [-0.39, 0.29) is 6.04 Å². The molecule has 2 rings (SSSR count). The number of carbonyl (C=O) groups is 1. The molecule has 0 unspecified atom stereocenters. The van der Waals surface area contributed by atoms with Crippen molar-refractivity contribution in [3.05, 3.63) is 29.1 Å². The summed E-state index contributed by atoms with van der Waals surface area (Å²) in [6.45, 7) is 0. The molecule has 0 amide bonds. The summed E-state index contributed by atoms with van der Waals surface area (Å²) in [7, 11) is 1.35. The molecule has 0 aliphatic heterocycles. The Hall–Kier alpha value is -1.42. The molecule has 2 N–H and O–H groups in total. The van der Waals surface area contributed by atoms with Gasteiger partial charge in [-0.2, -0.15) is 0 Å². The molecule has 1 aliphatic rings. The number of hydrogen-bond acceptors (Lipinski definition) is 4. The van der Waals surface area contributed by atoms with Crippen molar-refractivity contribution in [3.63, 3.8) is 0 Å². The number of nitrogens with two attached hydrogens (primary N) is 1. The molecule has 1 aromatic rings. The number of nitrogens with zero attached hydrogens (tertiary/aromatic N) is 1. The van der Waals surface area contributed by atoms with E-state index in [1.54, 1.807) is 6.07 Å². The van der Waals surface area contributed by atoms with Gasteiger partial charge in [0.05, 0.1) is 7.11 Å². The monoisotopic (exact) mass is 192 g/mol. The molecule has 4 heteroatoms. The molecule has 0 saturated carbocycles. The maximum absolute atomic E-state index is 11.2. The number of rotatable bonds is 1. The third kappa shape index (κ3) is 1.37. The first-order chi connectivity index (χ1) is 6.72. The maximum atomic E-state index is 11.2. The lowest BCUT2D eigenvalue weighted by atomic mass is 10.1. The number of aromatic nitrogens is 1. The third-order valence-corrected chi connectivity index (χ3v) is 2.50. The summed E-state index contributed by atoms with van der Waals surface area (Å²) in [6, 6.07) is 3.60.